The smallest absolute Gasteiger partial charge is 0.254 e. The van der Waals surface area contributed by atoms with E-state index in [2.05, 4.69) is 22.6 Å². The van der Waals surface area contributed by atoms with Crippen molar-refractivity contribution in [1.82, 2.24) is 19.4 Å². The average molecular weight is 658 g/mol. The number of benzene rings is 4. The summed E-state index contributed by atoms with van der Waals surface area (Å²) in [6.07, 6.45) is 5.09. The first-order valence-electron chi connectivity index (χ1n) is 17.1. The van der Waals surface area contributed by atoms with Crippen LogP contribution >= 0.6 is 0 Å². The first-order valence-corrected chi connectivity index (χ1v) is 17.1. The van der Waals surface area contributed by atoms with Crippen LogP contribution in [0.3, 0.4) is 0 Å². The number of ether oxygens (including phenoxy) is 1. The molecule has 1 aliphatic rings. The van der Waals surface area contributed by atoms with Gasteiger partial charge in [0, 0.05) is 49.8 Å². The molecule has 5 aromatic rings. The van der Waals surface area contributed by atoms with Crippen molar-refractivity contribution >= 4 is 22.8 Å². The number of carbonyl (C=O) groups is 1. The number of hydrogen-bond acceptors (Lipinski definition) is 6. The van der Waals surface area contributed by atoms with Crippen molar-refractivity contribution in [3.8, 4) is 5.75 Å². The summed E-state index contributed by atoms with van der Waals surface area (Å²) in [6, 6.07) is 30.4. The number of likely N-dealkylation sites (tertiary alicyclic amines) is 1. The summed E-state index contributed by atoms with van der Waals surface area (Å²) in [6.45, 7) is 3.39. The molecule has 1 amide bonds. The second-order valence-corrected chi connectivity index (χ2v) is 13.1. The van der Waals surface area contributed by atoms with Gasteiger partial charge in [-0.2, -0.15) is 0 Å². The van der Waals surface area contributed by atoms with E-state index in [4.69, 9.17) is 26.6 Å². The van der Waals surface area contributed by atoms with Crippen LogP contribution in [0.25, 0.3) is 11.0 Å². The van der Waals surface area contributed by atoms with E-state index in [1.165, 1.54) is 18.4 Å². The molecule has 1 saturated heterocycles. The zero-order valence-corrected chi connectivity index (χ0v) is 28.6. The molecule has 1 unspecified atom stereocenters. The highest BCUT2D eigenvalue weighted by Gasteiger charge is 2.23. The van der Waals surface area contributed by atoms with Crippen LogP contribution in [-0.2, 0) is 39.0 Å². The van der Waals surface area contributed by atoms with Gasteiger partial charge >= 0.3 is 0 Å². The number of amidine groups is 1. The Morgan fingerprint density at radius 2 is 1.63 bits per heavy atom. The minimum Gasteiger partial charge on any atom is -0.497 e. The van der Waals surface area contributed by atoms with Gasteiger partial charge in [-0.3, -0.25) is 10.2 Å². The predicted molar refractivity (Wildman–Crippen MR) is 196 cm³/mol. The number of nitrogens with one attached hydrogen (secondary N) is 1. The maximum absolute atomic E-state index is 14.3. The Morgan fingerprint density at radius 3 is 2.33 bits per heavy atom. The minimum absolute atomic E-state index is 0.0538. The lowest BCUT2D eigenvalue weighted by atomic mass is 10.1. The number of carbonyl (C=O) groups excluding carboxylic acids is 1. The van der Waals surface area contributed by atoms with E-state index in [0.717, 1.165) is 77.2 Å². The summed E-state index contributed by atoms with van der Waals surface area (Å²) >= 11 is 0. The minimum atomic E-state index is -0.0538. The second-order valence-electron chi connectivity index (χ2n) is 13.1. The molecule has 0 radical (unpaired) electrons. The first-order chi connectivity index (χ1) is 23.8. The van der Waals surface area contributed by atoms with Gasteiger partial charge in [0.25, 0.3) is 5.91 Å². The van der Waals surface area contributed by atoms with E-state index in [1.807, 2.05) is 89.8 Å². The maximum Gasteiger partial charge on any atom is 0.254 e. The van der Waals surface area contributed by atoms with E-state index < -0.39 is 0 Å². The number of methoxy groups -OCH3 is 1. The molecule has 4 aromatic carbocycles. The molecule has 1 aliphatic heterocycles. The van der Waals surface area contributed by atoms with Gasteiger partial charge in [-0.1, -0.05) is 60.7 Å². The normalized spacial score (nSPS) is 14.7. The highest BCUT2D eigenvalue weighted by Crippen LogP contribution is 2.25. The lowest BCUT2D eigenvalue weighted by molar-refractivity contribution is 0.0730. The SMILES string of the molecule is COc1cccc(CN(Cc2ccc(CN)cc2)C(=O)c2ccc3c(c2)nc(CCc2ccc(C(=N)N)cc2)n3CCC2CCCN2C)c1. The number of nitrogen functional groups attached to an aromatic ring is 1. The van der Waals surface area contributed by atoms with Crippen molar-refractivity contribution in [2.75, 3.05) is 20.7 Å². The predicted octanol–water partition coefficient (Wildman–Crippen LogP) is 5.90. The molecular weight excluding hydrogens is 610 g/mol. The maximum atomic E-state index is 14.3. The van der Waals surface area contributed by atoms with Crippen LogP contribution in [0, 0.1) is 5.41 Å². The van der Waals surface area contributed by atoms with Crippen molar-refractivity contribution in [3.05, 3.63) is 130 Å². The lowest BCUT2D eigenvalue weighted by Crippen LogP contribution is -2.30. The van der Waals surface area contributed by atoms with Crippen LogP contribution in [0.15, 0.2) is 91.0 Å². The van der Waals surface area contributed by atoms with E-state index in [9.17, 15) is 4.79 Å². The van der Waals surface area contributed by atoms with Crippen LogP contribution in [0.2, 0.25) is 0 Å². The monoisotopic (exact) mass is 657 g/mol. The Labute approximate surface area is 289 Å². The fourth-order valence-corrected chi connectivity index (χ4v) is 6.86. The second kappa shape index (κ2) is 15.5. The fourth-order valence-electron chi connectivity index (χ4n) is 6.86. The molecule has 49 heavy (non-hydrogen) atoms. The summed E-state index contributed by atoms with van der Waals surface area (Å²) in [5, 5.41) is 7.71. The third-order valence-electron chi connectivity index (χ3n) is 9.76. The van der Waals surface area contributed by atoms with Gasteiger partial charge in [-0.05, 0) is 91.9 Å². The van der Waals surface area contributed by atoms with Gasteiger partial charge < -0.3 is 30.6 Å². The standard InChI is InChI=1S/C40H47N7O2/c1-45-21-4-6-34(45)20-22-47-37-18-17-33(24-36(37)44-38(47)19-14-28-12-15-32(16-13-28)39(42)43)40(48)46(26-30-10-8-29(25-41)9-11-30)27-31-5-3-7-35(23-31)49-2/h3,5,7-13,15-18,23-24,34H,4,6,14,19-22,25-27,41H2,1-2H3,(H3,42,43). The van der Waals surface area contributed by atoms with Gasteiger partial charge in [-0.25, -0.2) is 4.98 Å². The fraction of sp³-hybridized carbons (Fsp3) is 0.325. The molecule has 0 aliphatic carbocycles. The van der Waals surface area contributed by atoms with Gasteiger partial charge in [0.15, 0.2) is 0 Å². The molecule has 0 saturated carbocycles. The van der Waals surface area contributed by atoms with E-state index >= 15 is 0 Å². The van der Waals surface area contributed by atoms with Crippen LogP contribution in [-0.4, -0.2) is 57.8 Å². The molecule has 6 rings (SSSR count). The van der Waals surface area contributed by atoms with Gasteiger partial charge in [0.05, 0.1) is 18.1 Å². The molecule has 5 N–H and O–H groups in total. The first kappa shape index (κ1) is 33.9. The number of aromatic nitrogens is 2. The van der Waals surface area contributed by atoms with E-state index in [-0.39, 0.29) is 11.7 Å². The summed E-state index contributed by atoms with van der Waals surface area (Å²) in [5.74, 6) is 1.79. The Kier molecular flexibility index (Phi) is 10.7. The number of imidazole rings is 1. The Hall–Kier alpha value is -4.99. The molecule has 0 bridgehead atoms. The molecule has 0 spiro atoms. The largest absolute Gasteiger partial charge is 0.497 e. The van der Waals surface area contributed by atoms with Crippen LogP contribution < -0.4 is 16.2 Å². The van der Waals surface area contributed by atoms with Crippen molar-refractivity contribution in [3.63, 3.8) is 0 Å². The quantitative estimate of drug-likeness (QED) is 0.101. The van der Waals surface area contributed by atoms with Gasteiger partial charge in [0.1, 0.15) is 17.4 Å². The van der Waals surface area contributed by atoms with Crippen LogP contribution in [0.4, 0.5) is 0 Å². The van der Waals surface area contributed by atoms with Crippen molar-refractivity contribution in [2.24, 2.45) is 11.5 Å². The molecule has 1 aromatic heterocycles. The zero-order valence-electron chi connectivity index (χ0n) is 28.6. The number of amides is 1. The molecule has 1 fully saturated rings. The molecule has 9 nitrogen and oxygen atoms in total. The van der Waals surface area contributed by atoms with Crippen LogP contribution in [0.5, 0.6) is 5.75 Å². The number of rotatable bonds is 14. The molecule has 9 heteroatoms. The topological polar surface area (TPSA) is 126 Å². The zero-order chi connectivity index (χ0) is 34.3. The third-order valence-corrected chi connectivity index (χ3v) is 9.76. The number of aryl methyl sites for hydroxylation is 3. The number of fused-ring (bicyclic) bond motifs is 1. The number of nitrogens with two attached hydrogens (primary N) is 2. The number of nitrogens with zero attached hydrogens (tertiary/aromatic N) is 4. The van der Waals surface area contributed by atoms with Gasteiger partial charge in [-0.15, -0.1) is 0 Å². The molecular formula is C40H47N7O2. The molecule has 254 valence electrons. The third kappa shape index (κ3) is 8.18. The highest BCUT2D eigenvalue weighted by molar-refractivity contribution is 5.97. The summed E-state index contributed by atoms with van der Waals surface area (Å²) in [7, 11) is 3.87. The Bertz CT molecular complexity index is 1900. The Morgan fingerprint density at radius 1 is 0.918 bits per heavy atom. The van der Waals surface area contributed by atoms with E-state index in [0.29, 0.717) is 31.2 Å². The summed E-state index contributed by atoms with van der Waals surface area (Å²) < 4.78 is 7.82. The van der Waals surface area contributed by atoms with Crippen molar-refractivity contribution in [2.45, 2.75) is 64.3 Å². The highest BCUT2D eigenvalue weighted by atomic mass is 16.5. The van der Waals surface area contributed by atoms with Crippen molar-refractivity contribution in [1.29, 1.82) is 5.41 Å². The summed E-state index contributed by atoms with van der Waals surface area (Å²) in [4.78, 5) is 23.8. The van der Waals surface area contributed by atoms with Crippen molar-refractivity contribution < 1.29 is 9.53 Å². The Balaban J connectivity index is 1.29. The number of hydrogen-bond donors (Lipinski definition) is 3. The summed E-state index contributed by atoms with van der Waals surface area (Å²) in [5.41, 5.74) is 19.0. The van der Waals surface area contributed by atoms with Gasteiger partial charge in [0.2, 0.25) is 0 Å². The van der Waals surface area contributed by atoms with E-state index in [1.54, 1.807) is 7.11 Å². The lowest BCUT2D eigenvalue weighted by Gasteiger charge is -2.24. The molecule has 2 heterocycles. The van der Waals surface area contributed by atoms with Crippen LogP contribution in [0.1, 0.15) is 63.3 Å². The molecule has 1 atom stereocenters. The average Bonchev–Trinajstić information content (AvgIpc) is 3.71.